The van der Waals surface area contributed by atoms with Crippen molar-refractivity contribution >= 4 is 6.16 Å². The highest BCUT2D eigenvalue weighted by Gasteiger charge is 1.83. The Bertz CT molecular complexity index is 234. The molecule has 0 saturated carbocycles. The van der Waals surface area contributed by atoms with Gasteiger partial charge in [0.2, 0.25) is 0 Å². The Morgan fingerprint density at radius 3 is 2.15 bits per heavy atom. The fourth-order valence-corrected chi connectivity index (χ4v) is 0.714. The summed E-state index contributed by atoms with van der Waals surface area (Å²) in [5, 5.41) is 13.9. The first-order valence-corrected chi connectivity index (χ1v) is 3.56. The summed E-state index contributed by atoms with van der Waals surface area (Å²) < 4.78 is 0. The third kappa shape index (κ3) is 8.32. The zero-order valence-electron chi connectivity index (χ0n) is 6.97. The first-order chi connectivity index (χ1) is 6.16. The largest absolute Gasteiger partial charge is 0.503 e. The van der Waals surface area contributed by atoms with Gasteiger partial charge in [-0.05, 0) is 5.56 Å². The van der Waals surface area contributed by atoms with E-state index in [1.807, 2.05) is 30.3 Å². The van der Waals surface area contributed by atoms with Crippen LogP contribution in [0.2, 0.25) is 0 Å². The lowest BCUT2D eigenvalue weighted by Gasteiger charge is -1.95. The van der Waals surface area contributed by atoms with Gasteiger partial charge in [-0.2, -0.15) is 0 Å². The maximum atomic E-state index is 8.56. The number of hydrazine groups is 1. The number of carboxylic acid groups (broad SMARTS) is 2. The van der Waals surface area contributed by atoms with Gasteiger partial charge in [0.05, 0.1) is 0 Å². The molecule has 0 aliphatic carbocycles. The van der Waals surface area contributed by atoms with E-state index in [9.17, 15) is 0 Å². The molecule has 72 valence electrons. The maximum Gasteiger partial charge on any atom is 0.503 e. The highest BCUT2D eigenvalue weighted by molar-refractivity contribution is 5.53. The van der Waals surface area contributed by atoms with Gasteiger partial charge >= 0.3 is 6.16 Å². The summed E-state index contributed by atoms with van der Waals surface area (Å²) in [6, 6.07) is 10.0. The molecule has 1 aromatic carbocycles. The molecule has 0 spiro atoms. The molecule has 0 bridgehead atoms. The van der Waals surface area contributed by atoms with Gasteiger partial charge < -0.3 is 10.2 Å². The Labute approximate surface area is 75.8 Å². The molecular formula is C8H12N2O3. The summed E-state index contributed by atoms with van der Waals surface area (Å²) in [6.45, 7) is 0.737. The number of nitrogens with one attached hydrogen (secondary N) is 1. The normalized spacial score (nSPS) is 8.38. The molecule has 1 aromatic rings. The Hall–Kier alpha value is -1.59. The van der Waals surface area contributed by atoms with Crippen LogP contribution in [-0.4, -0.2) is 16.4 Å². The molecule has 0 saturated heterocycles. The fraction of sp³-hybridized carbons (Fsp3) is 0.125. The zero-order valence-corrected chi connectivity index (χ0v) is 6.97. The molecule has 1 rings (SSSR count). The second-order valence-corrected chi connectivity index (χ2v) is 2.15. The minimum absolute atomic E-state index is 0.737. The van der Waals surface area contributed by atoms with Gasteiger partial charge in [0.25, 0.3) is 0 Å². The average molecular weight is 184 g/mol. The van der Waals surface area contributed by atoms with Crippen molar-refractivity contribution in [3.05, 3.63) is 35.9 Å². The van der Waals surface area contributed by atoms with Crippen molar-refractivity contribution in [3.8, 4) is 0 Å². The van der Waals surface area contributed by atoms with Crippen molar-refractivity contribution in [1.82, 2.24) is 5.43 Å². The van der Waals surface area contributed by atoms with E-state index in [-0.39, 0.29) is 0 Å². The number of benzene rings is 1. The third-order valence-electron chi connectivity index (χ3n) is 1.15. The quantitative estimate of drug-likeness (QED) is 0.404. The third-order valence-corrected chi connectivity index (χ3v) is 1.15. The summed E-state index contributed by atoms with van der Waals surface area (Å²) >= 11 is 0. The zero-order chi connectivity index (χ0) is 10.1. The van der Waals surface area contributed by atoms with Crippen LogP contribution < -0.4 is 11.3 Å². The predicted octanol–water partition coefficient (Wildman–Crippen LogP) is 0.872. The monoisotopic (exact) mass is 184 g/mol. The Kier molecular flexibility index (Phi) is 6.21. The van der Waals surface area contributed by atoms with Gasteiger partial charge in [-0.25, -0.2) is 4.79 Å². The summed E-state index contributed by atoms with van der Waals surface area (Å²) in [7, 11) is 0. The second kappa shape index (κ2) is 7.08. The highest BCUT2D eigenvalue weighted by Crippen LogP contribution is 1.95. The van der Waals surface area contributed by atoms with Gasteiger partial charge in [-0.3, -0.25) is 11.3 Å². The van der Waals surface area contributed by atoms with Crippen molar-refractivity contribution < 1.29 is 15.0 Å². The van der Waals surface area contributed by atoms with E-state index in [0.29, 0.717) is 0 Å². The molecule has 0 aromatic heterocycles. The van der Waals surface area contributed by atoms with Crippen LogP contribution in [0.3, 0.4) is 0 Å². The lowest BCUT2D eigenvalue weighted by Crippen LogP contribution is -2.20. The fourth-order valence-electron chi connectivity index (χ4n) is 0.714. The highest BCUT2D eigenvalue weighted by atomic mass is 16.6. The summed E-state index contributed by atoms with van der Waals surface area (Å²) in [5.41, 5.74) is 3.79. The van der Waals surface area contributed by atoms with E-state index < -0.39 is 6.16 Å². The number of carbonyl (C=O) groups is 1. The van der Waals surface area contributed by atoms with E-state index in [2.05, 4.69) is 5.43 Å². The van der Waals surface area contributed by atoms with Crippen LogP contribution in [0.5, 0.6) is 0 Å². The molecular weight excluding hydrogens is 172 g/mol. The van der Waals surface area contributed by atoms with Crippen molar-refractivity contribution in [2.24, 2.45) is 5.84 Å². The van der Waals surface area contributed by atoms with Crippen LogP contribution in [0.1, 0.15) is 5.56 Å². The summed E-state index contributed by atoms with van der Waals surface area (Å²) in [6.07, 6.45) is -1.83. The smallest absolute Gasteiger partial charge is 0.450 e. The van der Waals surface area contributed by atoms with Crippen molar-refractivity contribution in [2.75, 3.05) is 0 Å². The minimum Gasteiger partial charge on any atom is -0.450 e. The molecule has 5 N–H and O–H groups in total. The second-order valence-electron chi connectivity index (χ2n) is 2.15. The standard InChI is InChI=1S/C7H10N2.CH2O3/c8-9-6-7-4-2-1-3-5-7;2-1(3)4/h1-5,9H,6,8H2;(H2,2,3,4). The minimum atomic E-state index is -1.83. The van der Waals surface area contributed by atoms with Crippen LogP contribution in [0, 0.1) is 0 Å². The van der Waals surface area contributed by atoms with Crippen LogP contribution in [0.4, 0.5) is 4.79 Å². The van der Waals surface area contributed by atoms with E-state index in [1.165, 1.54) is 5.56 Å². The molecule has 0 amide bonds. The van der Waals surface area contributed by atoms with Gasteiger partial charge in [0.15, 0.2) is 0 Å². The van der Waals surface area contributed by atoms with Gasteiger partial charge in [0.1, 0.15) is 0 Å². The molecule has 0 atom stereocenters. The molecule has 5 nitrogen and oxygen atoms in total. The molecule has 0 radical (unpaired) electrons. The van der Waals surface area contributed by atoms with E-state index in [4.69, 9.17) is 20.9 Å². The topological polar surface area (TPSA) is 95.6 Å². The van der Waals surface area contributed by atoms with Crippen molar-refractivity contribution in [1.29, 1.82) is 0 Å². The first-order valence-electron chi connectivity index (χ1n) is 3.56. The van der Waals surface area contributed by atoms with Crippen molar-refractivity contribution in [3.63, 3.8) is 0 Å². The van der Waals surface area contributed by atoms with Crippen LogP contribution in [0.15, 0.2) is 30.3 Å². The number of hydrogen-bond donors (Lipinski definition) is 4. The van der Waals surface area contributed by atoms with Crippen LogP contribution in [-0.2, 0) is 6.54 Å². The lowest BCUT2D eigenvalue weighted by molar-refractivity contribution is 0.137. The van der Waals surface area contributed by atoms with Gasteiger partial charge in [0, 0.05) is 6.54 Å². The molecule has 0 heterocycles. The Balaban J connectivity index is 0.000000310. The average Bonchev–Trinajstić information content (AvgIpc) is 2.06. The molecule has 13 heavy (non-hydrogen) atoms. The van der Waals surface area contributed by atoms with Crippen molar-refractivity contribution in [2.45, 2.75) is 6.54 Å². The number of nitrogens with two attached hydrogens (primary N) is 1. The molecule has 0 aliphatic heterocycles. The van der Waals surface area contributed by atoms with E-state index >= 15 is 0 Å². The molecule has 5 heteroatoms. The molecule has 0 fully saturated rings. The molecule has 0 unspecified atom stereocenters. The van der Waals surface area contributed by atoms with Gasteiger partial charge in [-0.1, -0.05) is 30.3 Å². The number of rotatable bonds is 2. The van der Waals surface area contributed by atoms with Crippen LogP contribution >= 0.6 is 0 Å². The summed E-state index contributed by atoms with van der Waals surface area (Å²) in [5.74, 6) is 5.11. The predicted molar refractivity (Wildman–Crippen MR) is 48.1 cm³/mol. The summed E-state index contributed by atoms with van der Waals surface area (Å²) in [4.78, 5) is 8.56. The molecule has 0 aliphatic rings. The SMILES string of the molecule is NNCc1ccccc1.O=C(O)O. The lowest BCUT2D eigenvalue weighted by atomic mass is 10.2. The van der Waals surface area contributed by atoms with Crippen LogP contribution in [0.25, 0.3) is 0 Å². The number of hydrogen-bond acceptors (Lipinski definition) is 3. The van der Waals surface area contributed by atoms with E-state index in [1.54, 1.807) is 0 Å². The van der Waals surface area contributed by atoms with E-state index in [0.717, 1.165) is 6.54 Å². The Morgan fingerprint density at radius 1 is 1.31 bits per heavy atom. The maximum absolute atomic E-state index is 8.56. The Morgan fingerprint density at radius 2 is 1.77 bits per heavy atom. The first kappa shape index (κ1) is 11.4. The van der Waals surface area contributed by atoms with Gasteiger partial charge in [-0.15, -0.1) is 0 Å².